The molecular weight excluding hydrogens is 398 g/mol. The molecule has 184 valence electrons. The maximum Gasteiger partial charge on any atom is 0.186 e. The second kappa shape index (κ2) is 25.6. The molecule has 0 saturated heterocycles. The van der Waals surface area contributed by atoms with Gasteiger partial charge < -0.3 is 5.32 Å². The van der Waals surface area contributed by atoms with E-state index in [0.29, 0.717) is 11.0 Å². The molecule has 0 fully saturated rings. The first-order valence-corrected chi connectivity index (χ1v) is 14.2. The molecule has 0 aliphatic rings. The third kappa shape index (κ3) is 23.8. The summed E-state index contributed by atoms with van der Waals surface area (Å²) < 4.78 is 0. The number of hydrazone groups is 1. The topological polar surface area (TPSA) is 36.4 Å². The smallest absolute Gasteiger partial charge is 0.186 e. The van der Waals surface area contributed by atoms with Crippen LogP contribution < -0.4 is 10.7 Å². The van der Waals surface area contributed by atoms with E-state index in [2.05, 4.69) is 36.6 Å². The summed E-state index contributed by atoms with van der Waals surface area (Å²) in [7, 11) is 0. The zero-order valence-corrected chi connectivity index (χ0v) is 22.2. The first-order chi connectivity index (χ1) is 15.2. The number of rotatable bonds is 23. The van der Waals surface area contributed by atoms with E-state index < -0.39 is 0 Å². The van der Waals surface area contributed by atoms with Crippen molar-refractivity contribution in [3.8, 4) is 0 Å². The van der Waals surface area contributed by atoms with Crippen molar-refractivity contribution in [1.82, 2.24) is 10.7 Å². The van der Waals surface area contributed by atoms with E-state index in [4.69, 9.17) is 12.2 Å². The third-order valence-corrected chi connectivity index (χ3v) is 6.46. The fourth-order valence-corrected chi connectivity index (χ4v) is 4.12. The molecule has 0 aliphatic carbocycles. The average Bonchev–Trinajstić information content (AvgIpc) is 2.78. The van der Waals surface area contributed by atoms with Crippen molar-refractivity contribution in [3.05, 3.63) is 0 Å². The number of thiocarbonyl (C=S) groups is 1. The lowest BCUT2D eigenvalue weighted by atomic mass is 10.0. The normalized spacial score (nSPS) is 12.4. The van der Waals surface area contributed by atoms with Gasteiger partial charge >= 0.3 is 0 Å². The van der Waals surface area contributed by atoms with E-state index >= 15 is 0 Å². The van der Waals surface area contributed by atoms with Crippen molar-refractivity contribution >= 4 is 23.5 Å². The standard InChI is InChI=1S/C27H55N3S/c1-4-7-9-10-11-12-13-14-15-16-17-18-19-20-21-22-24-28-27(31)30-29-25-26(6-3)23-8-5-2/h25-26H,4-24H2,1-3H3,(H2,28,30,31)/b29-25+. The van der Waals surface area contributed by atoms with Crippen LogP contribution in [0.3, 0.4) is 0 Å². The van der Waals surface area contributed by atoms with Gasteiger partial charge in [0.15, 0.2) is 5.11 Å². The molecule has 1 unspecified atom stereocenters. The molecule has 0 saturated carbocycles. The van der Waals surface area contributed by atoms with Crippen LogP contribution in [0, 0.1) is 5.92 Å². The van der Waals surface area contributed by atoms with Gasteiger partial charge in [-0.15, -0.1) is 0 Å². The molecule has 3 nitrogen and oxygen atoms in total. The zero-order chi connectivity index (χ0) is 22.8. The maximum absolute atomic E-state index is 5.30. The Morgan fingerprint density at radius 3 is 1.58 bits per heavy atom. The van der Waals surface area contributed by atoms with Gasteiger partial charge in [-0.05, 0) is 37.4 Å². The molecule has 0 aromatic rings. The Morgan fingerprint density at radius 2 is 1.13 bits per heavy atom. The van der Waals surface area contributed by atoms with Crippen LogP contribution in [-0.4, -0.2) is 17.9 Å². The lowest BCUT2D eigenvalue weighted by Crippen LogP contribution is -2.32. The molecular formula is C27H55N3S. The Kier molecular flexibility index (Phi) is 25.1. The highest BCUT2D eigenvalue weighted by Crippen LogP contribution is 2.13. The van der Waals surface area contributed by atoms with Crippen LogP contribution in [0.15, 0.2) is 5.10 Å². The van der Waals surface area contributed by atoms with Gasteiger partial charge in [-0.1, -0.05) is 130 Å². The number of nitrogens with zero attached hydrogens (tertiary/aromatic N) is 1. The molecule has 0 aliphatic heterocycles. The minimum Gasteiger partial charge on any atom is -0.361 e. The monoisotopic (exact) mass is 453 g/mol. The number of hydrogen-bond donors (Lipinski definition) is 2. The lowest BCUT2D eigenvalue weighted by Gasteiger charge is -2.09. The average molecular weight is 454 g/mol. The number of nitrogens with one attached hydrogen (secondary N) is 2. The lowest BCUT2D eigenvalue weighted by molar-refractivity contribution is 0.529. The van der Waals surface area contributed by atoms with Crippen LogP contribution in [0.2, 0.25) is 0 Å². The van der Waals surface area contributed by atoms with E-state index in [-0.39, 0.29) is 0 Å². The van der Waals surface area contributed by atoms with Crippen LogP contribution in [0.5, 0.6) is 0 Å². The molecule has 0 bridgehead atoms. The second-order valence-electron chi connectivity index (χ2n) is 9.26. The van der Waals surface area contributed by atoms with Crippen LogP contribution in [0.4, 0.5) is 0 Å². The SMILES string of the molecule is CCCCCCCCCCCCCCCCCCNC(=S)N/N=C/C(CC)CCCC. The molecule has 0 rings (SSSR count). The molecule has 4 heteroatoms. The van der Waals surface area contributed by atoms with Gasteiger partial charge in [0.2, 0.25) is 0 Å². The first-order valence-electron chi connectivity index (χ1n) is 13.8. The molecule has 0 spiro atoms. The van der Waals surface area contributed by atoms with E-state index in [1.54, 1.807) is 0 Å². The molecule has 0 heterocycles. The second-order valence-corrected chi connectivity index (χ2v) is 9.67. The van der Waals surface area contributed by atoms with E-state index in [1.807, 2.05) is 6.21 Å². The van der Waals surface area contributed by atoms with Crippen LogP contribution in [-0.2, 0) is 0 Å². The van der Waals surface area contributed by atoms with E-state index in [0.717, 1.165) is 13.0 Å². The molecule has 0 aromatic carbocycles. The number of unbranched alkanes of at least 4 members (excludes halogenated alkanes) is 16. The van der Waals surface area contributed by atoms with Crippen molar-refractivity contribution in [2.75, 3.05) is 6.54 Å². The molecule has 31 heavy (non-hydrogen) atoms. The summed E-state index contributed by atoms with van der Waals surface area (Å²) in [5.74, 6) is 0.565. The largest absolute Gasteiger partial charge is 0.361 e. The number of hydrogen-bond acceptors (Lipinski definition) is 2. The highest BCUT2D eigenvalue weighted by Gasteiger charge is 2.01. The highest BCUT2D eigenvalue weighted by molar-refractivity contribution is 7.80. The van der Waals surface area contributed by atoms with Gasteiger partial charge in [0, 0.05) is 12.8 Å². The van der Waals surface area contributed by atoms with E-state index in [1.165, 1.54) is 122 Å². The Morgan fingerprint density at radius 1 is 0.677 bits per heavy atom. The predicted octanol–water partition coefficient (Wildman–Crippen LogP) is 8.91. The quantitative estimate of drug-likeness (QED) is 0.0701. The summed E-state index contributed by atoms with van der Waals surface area (Å²) in [4.78, 5) is 0. The summed E-state index contributed by atoms with van der Waals surface area (Å²) in [6.07, 6.45) is 29.4. The van der Waals surface area contributed by atoms with Crippen molar-refractivity contribution < 1.29 is 0 Å². The minimum absolute atomic E-state index is 0.565. The van der Waals surface area contributed by atoms with Gasteiger partial charge in [-0.2, -0.15) is 5.10 Å². The Labute approximate surface area is 201 Å². The highest BCUT2D eigenvalue weighted by atomic mass is 32.1. The predicted molar refractivity (Wildman–Crippen MR) is 145 cm³/mol. The van der Waals surface area contributed by atoms with Crippen molar-refractivity contribution in [1.29, 1.82) is 0 Å². The fraction of sp³-hybridized carbons (Fsp3) is 0.926. The summed E-state index contributed by atoms with van der Waals surface area (Å²) in [5, 5.41) is 8.24. The van der Waals surface area contributed by atoms with Gasteiger partial charge in [-0.25, -0.2) is 0 Å². The Bertz CT molecular complexity index is 398. The van der Waals surface area contributed by atoms with Gasteiger partial charge in [0.05, 0.1) is 0 Å². The Hall–Kier alpha value is -0.640. The first kappa shape index (κ1) is 30.4. The van der Waals surface area contributed by atoms with Crippen LogP contribution in [0.1, 0.15) is 149 Å². The maximum atomic E-state index is 5.30. The molecule has 2 N–H and O–H groups in total. The van der Waals surface area contributed by atoms with Gasteiger partial charge in [0.1, 0.15) is 0 Å². The van der Waals surface area contributed by atoms with Gasteiger partial charge in [-0.3, -0.25) is 5.43 Å². The van der Waals surface area contributed by atoms with Crippen molar-refractivity contribution in [2.45, 2.75) is 149 Å². The fourth-order valence-electron chi connectivity index (χ4n) is 3.97. The van der Waals surface area contributed by atoms with E-state index in [9.17, 15) is 0 Å². The van der Waals surface area contributed by atoms with Crippen LogP contribution >= 0.6 is 12.2 Å². The molecule has 0 amide bonds. The third-order valence-electron chi connectivity index (χ3n) is 6.22. The van der Waals surface area contributed by atoms with Crippen molar-refractivity contribution in [3.63, 3.8) is 0 Å². The summed E-state index contributed by atoms with van der Waals surface area (Å²) in [6.45, 7) is 7.70. The molecule has 0 radical (unpaired) electrons. The summed E-state index contributed by atoms with van der Waals surface area (Å²) in [6, 6.07) is 0. The summed E-state index contributed by atoms with van der Waals surface area (Å²) in [5.41, 5.74) is 2.97. The minimum atomic E-state index is 0.565. The molecule has 1 atom stereocenters. The van der Waals surface area contributed by atoms with Gasteiger partial charge in [0.25, 0.3) is 0 Å². The molecule has 0 aromatic heterocycles. The summed E-state index contributed by atoms with van der Waals surface area (Å²) >= 11 is 5.30. The zero-order valence-electron chi connectivity index (χ0n) is 21.4. The van der Waals surface area contributed by atoms with Crippen molar-refractivity contribution in [2.24, 2.45) is 11.0 Å². The van der Waals surface area contributed by atoms with Crippen LogP contribution in [0.25, 0.3) is 0 Å². The Balaban J connectivity index is 3.31.